The summed E-state index contributed by atoms with van der Waals surface area (Å²) in [6.07, 6.45) is 2.52. The molecule has 0 amide bonds. The Morgan fingerprint density at radius 1 is 1.20 bits per heavy atom. The Morgan fingerprint density at radius 2 is 1.67 bits per heavy atom. The Labute approximate surface area is 90.4 Å². The Hall–Kier alpha value is -0.180. The first-order valence-corrected chi connectivity index (χ1v) is 8.10. The highest BCUT2D eigenvalue weighted by molar-refractivity contribution is 7.88. The first-order valence-electron chi connectivity index (χ1n) is 4.44. The highest BCUT2D eigenvalue weighted by atomic mass is 32.2. The zero-order valence-electron chi connectivity index (χ0n) is 8.93. The second-order valence-corrected chi connectivity index (χ2v) is 7.41. The normalized spacial score (nSPS) is 22.3. The molecule has 0 bridgehead atoms. The lowest BCUT2D eigenvalue weighted by atomic mass is 9.94. The molecular weight excluding hydrogens is 242 g/mol. The zero-order valence-corrected chi connectivity index (χ0v) is 10.6. The van der Waals surface area contributed by atoms with Gasteiger partial charge in [0.15, 0.2) is 0 Å². The summed E-state index contributed by atoms with van der Waals surface area (Å²) in [7, 11) is -6.79. The van der Waals surface area contributed by atoms with Crippen LogP contribution in [0.3, 0.4) is 0 Å². The van der Waals surface area contributed by atoms with Crippen LogP contribution in [-0.4, -0.2) is 52.3 Å². The van der Waals surface area contributed by atoms with Crippen LogP contribution < -0.4 is 0 Å². The summed E-state index contributed by atoms with van der Waals surface area (Å²) < 4.78 is 50.2. The molecule has 0 spiro atoms. The molecule has 0 N–H and O–H groups in total. The Balaban J connectivity index is 2.73. The number of hydrogen-bond acceptors (Lipinski definition) is 5. The molecule has 1 fully saturated rings. The lowest BCUT2D eigenvalue weighted by molar-refractivity contribution is -0.0324. The van der Waals surface area contributed by atoms with E-state index < -0.39 is 25.7 Å². The lowest BCUT2D eigenvalue weighted by Crippen LogP contribution is -2.64. The van der Waals surface area contributed by atoms with Crippen molar-refractivity contribution in [1.82, 2.24) is 4.31 Å². The van der Waals surface area contributed by atoms with Crippen LogP contribution >= 0.6 is 0 Å². The number of sulfonamides is 1. The van der Waals surface area contributed by atoms with Gasteiger partial charge in [-0.3, -0.25) is 4.18 Å². The van der Waals surface area contributed by atoms with Crippen molar-refractivity contribution < 1.29 is 21.0 Å². The maximum absolute atomic E-state index is 11.1. The maximum atomic E-state index is 11.1. The molecule has 1 saturated heterocycles. The van der Waals surface area contributed by atoms with E-state index in [1.54, 1.807) is 6.92 Å². The Bertz CT molecular complexity index is 432. The van der Waals surface area contributed by atoms with Crippen molar-refractivity contribution in [3.05, 3.63) is 0 Å². The van der Waals surface area contributed by atoms with Gasteiger partial charge in [0.25, 0.3) is 10.1 Å². The van der Waals surface area contributed by atoms with Gasteiger partial charge >= 0.3 is 0 Å². The van der Waals surface area contributed by atoms with Crippen LogP contribution in [0.1, 0.15) is 13.3 Å². The fraction of sp³-hybridized carbons (Fsp3) is 1.00. The minimum Gasteiger partial charge on any atom is -0.261 e. The monoisotopic (exact) mass is 257 g/mol. The average Bonchev–Trinajstić information content (AvgIpc) is 1.91. The minimum absolute atomic E-state index is 0.107. The van der Waals surface area contributed by atoms with Crippen molar-refractivity contribution >= 4 is 20.1 Å². The smallest absolute Gasteiger partial charge is 0.261 e. The molecule has 1 aliphatic rings. The first-order chi connectivity index (χ1) is 6.58. The van der Waals surface area contributed by atoms with Crippen LogP contribution in [0.25, 0.3) is 0 Å². The van der Waals surface area contributed by atoms with Gasteiger partial charge in [0.05, 0.1) is 12.5 Å². The van der Waals surface area contributed by atoms with Gasteiger partial charge in [0, 0.05) is 13.1 Å². The van der Waals surface area contributed by atoms with Crippen molar-refractivity contribution in [2.45, 2.75) is 18.9 Å². The SMILES string of the molecule is CCC1(OS(C)(=O)=O)CN(S(C)(=O)=O)C1. The lowest BCUT2D eigenvalue weighted by Gasteiger charge is -2.46. The zero-order chi connectivity index (χ0) is 11.9. The summed E-state index contributed by atoms with van der Waals surface area (Å²) in [5.41, 5.74) is -0.864. The van der Waals surface area contributed by atoms with Crippen LogP contribution in [0.2, 0.25) is 0 Å². The summed E-state index contributed by atoms with van der Waals surface area (Å²) in [4.78, 5) is 0. The molecule has 0 aliphatic carbocycles. The summed E-state index contributed by atoms with van der Waals surface area (Å²) >= 11 is 0. The van der Waals surface area contributed by atoms with Crippen molar-refractivity contribution in [1.29, 1.82) is 0 Å². The van der Waals surface area contributed by atoms with Gasteiger partial charge in [0.2, 0.25) is 10.0 Å². The number of rotatable bonds is 4. The van der Waals surface area contributed by atoms with E-state index in [0.717, 1.165) is 12.5 Å². The van der Waals surface area contributed by atoms with E-state index in [9.17, 15) is 16.8 Å². The van der Waals surface area contributed by atoms with Gasteiger partial charge in [-0.1, -0.05) is 6.92 Å². The number of hydrogen-bond donors (Lipinski definition) is 0. The molecule has 0 aromatic heterocycles. The second kappa shape index (κ2) is 3.69. The van der Waals surface area contributed by atoms with E-state index in [1.165, 1.54) is 4.31 Å². The highest BCUT2D eigenvalue weighted by Crippen LogP contribution is 2.31. The first kappa shape index (κ1) is 12.9. The standard InChI is InChI=1S/C7H15NO5S2/c1-4-7(13-15(3,11)12)5-8(6-7)14(2,9)10/h4-6H2,1-3H3. The third kappa shape index (κ3) is 3.13. The number of nitrogens with zero attached hydrogens (tertiary/aromatic N) is 1. The molecule has 15 heavy (non-hydrogen) atoms. The van der Waals surface area contributed by atoms with Crippen molar-refractivity contribution in [2.24, 2.45) is 0 Å². The van der Waals surface area contributed by atoms with Crippen molar-refractivity contribution in [3.8, 4) is 0 Å². The largest absolute Gasteiger partial charge is 0.265 e. The molecule has 0 atom stereocenters. The maximum Gasteiger partial charge on any atom is 0.265 e. The molecule has 6 nitrogen and oxygen atoms in total. The fourth-order valence-electron chi connectivity index (χ4n) is 1.49. The van der Waals surface area contributed by atoms with Gasteiger partial charge < -0.3 is 0 Å². The van der Waals surface area contributed by atoms with Crippen LogP contribution in [0.5, 0.6) is 0 Å². The summed E-state index contributed by atoms with van der Waals surface area (Å²) in [6.45, 7) is 1.98. The van der Waals surface area contributed by atoms with Crippen LogP contribution in [-0.2, 0) is 24.3 Å². The van der Waals surface area contributed by atoms with Crippen molar-refractivity contribution in [3.63, 3.8) is 0 Å². The molecule has 0 saturated carbocycles. The van der Waals surface area contributed by atoms with E-state index in [1.807, 2.05) is 0 Å². The average molecular weight is 257 g/mol. The van der Waals surface area contributed by atoms with E-state index in [2.05, 4.69) is 0 Å². The molecule has 1 aliphatic heterocycles. The van der Waals surface area contributed by atoms with Crippen LogP contribution in [0.4, 0.5) is 0 Å². The van der Waals surface area contributed by atoms with E-state index in [-0.39, 0.29) is 13.1 Å². The molecule has 0 radical (unpaired) electrons. The summed E-state index contributed by atoms with van der Waals surface area (Å²) in [5, 5.41) is 0. The molecular formula is C7H15NO5S2. The van der Waals surface area contributed by atoms with E-state index in [4.69, 9.17) is 4.18 Å². The van der Waals surface area contributed by atoms with Gasteiger partial charge in [-0.15, -0.1) is 0 Å². The molecule has 90 valence electrons. The molecule has 0 aromatic carbocycles. The van der Waals surface area contributed by atoms with Gasteiger partial charge in [-0.25, -0.2) is 8.42 Å². The highest BCUT2D eigenvalue weighted by Gasteiger charge is 2.48. The third-order valence-electron chi connectivity index (χ3n) is 2.37. The topological polar surface area (TPSA) is 80.8 Å². The Morgan fingerprint density at radius 3 is 1.93 bits per heavy atom. The summed E-state index contributed by atoms with van der Waals surface area (Å²) in [5.74, 6) is 0. The molecule has 0 aromatic rings. The van der Waals surface area contributed by atoms with Gasteiger partial charge in [-0.2, -0.15) is 12.7 Å². The van der Waals surface area contributed by atoms with Crippen LogP contribution in [0, 0.1) is 0 Å². The van der Waals surface area contributed by atoms with Gasteiger partial charge in [-0.05, 0) is 6.42 Å². The molecule has 8 heteroatoms. The van der Waals surface area contributed by atoms with Crippen molar-refractivity contribution in [2.75, 3.05) is 25.6 Å². The van der Waals surface area contributed by atoms with E-state index >= 15 is 0 Å². The fourth-order valence-corrected chi connectivity index (χ4v) is 3.29. The van der Waals surface area contributed by atoms with E-state index in [0.29, 0.717) is 6.42 Å². The minimum atomic E-state index is -3.55. The molecule has 1 rings (SSSR count). The van der Waals surface area contributed by atoms with Crippen LogP contribution in [0.15, 0.2) is 0 Å². The molecule has 1 heterocycles. The third-order valence-corrected chi connectivity index (χ3v) is 4.22. The quantitative estimate of drug-likeness (QED) is 0.627. The predicted octanol–water partition coefficient (Wildman–Crippen LogP) is -0.613. The predicted molar refractivity (Wildman–Crippen MR) is 55.4 cm³/mol. The second-order valence-electron chi connectivity index (χ2n) is 3.86. The summed E-state index contributed by atoms with van der Waals surface area (Å²) in [6, 6.07) is 0. The molecule has 0 unspecified atom stereocenters. The Kier molecular flexibility index (Phi) is 3.17. The van der Waals surface area contributed by atoms with Gasteiger partial charge in [0.1, 0.15) is 5.60 Å².